The van der Waals surface area contributed by atoms with E-state index in [2.05, 4.69) is 14.9 Å². The van der Waals surface area contributed by atoms with Gasteiger partial charge in [0.25, 0.3) is 0 Å². The predicted molar refractivity (Wildman–Crippen MR) is 96.7 cm³/mol. The highest BCUT2D eigenvalue weighted by molar-refractivity contribution is 6.45. The second-order valence-corrected chi connectivity index (χ2v) is 6.88. The van der Waals surface area contributed by atoms with Gasteiger partial charge in [-0.05, 0) is 30.5 Å². The van der Waals surface area contributed by atoms with Crippen molar-refractivity contribution in [1.29, 1.82) is 5.26 Å². The van der Waals surface area contributed by atoms with Crippen LogP contribution in [0.1, 0.15) is 36.8 Å². The van der Waals surface area contributed by atoms with E-state index in [9.17, 15) is 0 Å². The molecule has 2 aromatic heterocycles. The van der Waals surface area contributed by atoms with Gasteiger partial charge in [-0.15, -0.1) is 0 Å². The van der Waals surface area contributed by atoms with Gasteiger partial charge < -0.3 is 4.90 Å². The summed E-state index contributed by atoms with van der Waals surface area (Å²) in [6.45, 7) is 0.637. The SMILES string of the molecule is N#Cc1c(Cl)nc(N(Cc2ccncc2)C2CCCC2)c(Cl)c1Cl. The number of halogens is 3. The van der Waals surface area contributed by atoms with Gasteiger partial charge in [0.2, 0.25) is 0 Å². The van der Waals surface area contributed by atoms with Crippen LogP contribution >= 0.6 is 34.8 Å². The molecule has 0 atom stereocenters. The standard InChI is InChI=1S/C17H15Cl3N4/c18-14-13(9-21)16(20)23-17(15(14)19)24(12-3-1-2-4-12)10-11-5-7-22-8-6-11/h5-8,12H,1-4,10H2. The van der Waals surface area contributed by atoms with E-state index in [1.807, 2.05) is 18.2 Å². The molecule has 0 N–H and O–H groups in total. The highest BCUT2D eigenvalue weighted by atomic mass is 35.5. The zero-order chi connectivity index (χ0) is 17.1. The molecule has 24 heavy (non-hydrogen) atoms. The number of rotatable bonds is 4. The minimum atomic E-state index is 0.0830. The van der Waals surface area contributed by atoms with E-state index in [1.165, 1.54) is 12.8 Å². The van der Waals surface area contributed by atoms with E-state index >= 15 is 0 Å². The largest absolute Gasteiger partial charge is 0.348 e. The molecule has 1 aliphatic carbocycles. The maximum atomic E-state index is 9.16. The summed E-state index contributed by atoms with van der Waals surface area (Å²) in [5.41, 5.74) is 1.22. The first-order valence-corrected chi connectivity index (χ1v) is 8.85. The van der Waals surface area contributed by atoms with Gasteiger partial charge in [0.15, 0.2) is 11.0 Å². The molecule has 0 radical (unpaired) electrons. The summed E-state index contributed by atoms with van der Waals surface area (Å²) >= 11 is 18.8. The Morgan fingerprint density at radius 2 is 1.79 bits per heavy atom. The monoisotopic (exact) mass is 380 g/mol. The quantitative estimate of drug-likeness (QED) is 0.678. The van der Waals surface area contributed by atoms with Crippen LogP contribution < -0.4 is 4.90 Å². The first kappa shape index (κ1) is 17.3. The third kappa shape index (κ3) is 3.44. The fourth-order valence-electron chi connectivity index (χ4n) is 3.06. The van der Waals surface area contributed by atoms with E-state index in [0.717, 1.165) is 18.4 Å². The van der Waals surface area contributed by atoms with Gasteiger partial charge in [-0.25, -0.2) is 4.98 Å². The molecule has 1 fully saturated rings. The highest BCUT2D eigenvalue weighted by Gasteiger charge is 2.28. The van der Waals surface area contributed by atoms with Gasteiger partial charge >= 0.3 is 0 Å². The van der Waals surface area contributed by atoms with E-state index in [0.29, 0.717) is 18.4 Å². The molecule has 2 heterocycles. The molecule has 3 rings (SSSR count). The number of nitriles is 1. The molecular weight excluding hydrogens is 367 g/mol. The highest BCUT2D eigenvalue weighted by Crippen LogP contribution is 2.39. The summed E-state index contributed by atoms with van der Waals surface area (Å²) in [7, 11) is 0. The maximum Gasteiger partial charge on any atom is 0.151 e. The lowest BCUT2D eigenvalue weighted by molar-refractivity contribution is 0.598. The topological polar surface area (TPSA) is 52.8 Å². The zero-order valence-corrected chi connectivity index (χ0v) is 15.1. The molecule has 0 unspecified atom stereocenters. The van der Waals surface area contributed by atoms with E-state index in [1.54, 1.807) is 12.4 Å². The normalized spacial score (nSPS) is 14.6. The van der Waals surface area contributed by atoms with Gasteiger partial charge in [0.05, 0.1) is 5.02 Å². The zero-order valence-electron chi connectivity index (χ0n) is 12.8. The van der Waals surface area contributed by atoms with Gasteiger partial charge in [0, 0.05) is 25.0 Å². The Labute approximate surface area is 156 Å². The molecule has 2 aromatic rings. The Kier molecular flexibility index (Phi) is 5.45. The van der Waals surface area contributed by atoms with Crippen molar-refractivity contribution in [2.75, 3.05) is 4.90 Å². The number of aromatic nitrogens is 2. The Balaban J connectivity index is 2.04. The van der Waals surface area contributed by atoms with Gasteiger partial charge in [-0.1, -0.05) is 47.6 Å². The van der Waals surface area contributed by atoms with Crippen LogP contribution in [0.4, 0.5) is 5.82 Å². The lowest BCUT2D eigenvalue weighted by atomic mass is 10.1. The van der Waals surface area contributed by atoms with E-state index < -0.39 is 0 Å². The Morgan fingerprint density at radius 3 is 2.42 bits per heavy atom. The Morgan fingerprint density at radius 1 is 1.12 bits per heavy atom. The lowest BCUT2D eigenvalue weighted by Crippen LogP contribution is -2.33. The molecule has 0 amide bonds. The molecule has 4 nitrogen and oxygen atoms in total. The summed E-state index contributed by atoms with van der Waals surface area (Å²) < 4.78 is 0. The van der Waals surface area contributed by atoms with Crippen molar-refractivity contribution >= 4 is 40.6 Å². The van der Waals surface area contributed by atoms with Gasteiger partial charge in [-0.2, -0.15) is 5.26 Å². The minimum Gasteiger partial charge on any atom is -0.348 e. The minimum absolute atomic E-state index is 0.0830. The van der Waals surface area contributed by atoms with Crippen molar-refractivity contribution in [3.63, 3.8) is 0 Å². The summed E-state index contributed by atoms with van der Waals surface area (Å²) in [6, 6.07) is 6.20. The third-order valence-electron chi connectivity index (χ3n) is 4.27. The molecule has 0 saturated heterocycles. The fraction of sp³-hybridized carbons (Fsp3) is 0.353. The molecule has 0 bridgehead atoms. The molecule has 0 spiro atoms. The Hall–Kier alpha value is -1.54. The van der Waals surface area contributed by atoms with Crippen LogP contribution in [0, 0.1) is 11.3 Å². The van der Waals surface area contributed by atoms with Crippen LogP contribution in [0.5, 0.6) is 0 Å². The van der Waals surface area contributed by atoms with Crippen LogP contribution in [-0.4, -0.2) is 16.0 Å². The number of pyridine rings is 2. The summed E-state index contributed by atoms with van der Waals surface area (Å²) in [5.74, 6) is 0.536. The average molecular weight is 382 g/mol. The van der Waals surface area contributed by atoms with Crippen LogP contribution in [0.2, 0.25) is 15.2 Å². The van der Waals surface area contributed by atoms with Crippen LogP contribution in [0.25, 0.3) is 0 Å². The Bertz CT molecular complexity index is 768. The number of nitrogens with zero attached hydrogens (tertiary/aromatic N) is 4. The molecular formula is C17H15Cl3N4. The van der Waals surface area contributed by atoms with Gasteiger partial charge in [-0.3, -0.25) is 4.98 Å². The molecule has 0 aromatic carbocycles. The van der Waals surface area contributed by atoms with Crippen molar-refractivity contribution in [2.24, 2.45) is 0 Å². The average Bonchev–Trinajstić information content (AvgIpc) is 3.12. The number of hydrogen-bond donors (Lipinski definition) is 0. The molecule has 1 saturated carbocycles. The van der Waals surface area contributed by atoms with Crippen LogP contribution in [-0.2, 0) is 6.54 Å². The lowest BCUT2D eigenvalue weighted by Gasteiger charge is -2.31. The second kappa shape index (κ2) is 7.57. The van der Waals surface area contributed by atoms with Crippen molar-refractivity contribution in [1.82, 2.24) is 9.97 Å². The maximum absolute atomic E-state index is 9.16. The molecule has 124 valence electrons. The number of anilines is 1. The summed E-state index contributed by atoms with van der Waals surface area (Å²) in [6.07, 6.45) is 8.00. The third-order valence-corrected chi connectivity index (χ3v) is 5.38. The second-order valence-electron chi connectivity index (χ2n) is 5.76. The summed E-state index contributed by atoms with van der Waals surface area (Å²) in [5, 5.41) is 9.68. The van der Waals surface area contributed by atoms with Crippen molar-refractivity contribution in [3.8, 4) is 6.07 Å². The van der Waals surface area contributed by atoms with Crippen LogP contribution in [0.3, 0.4) is 0 Å². The fourth-order valence-corrected chi connectivity index (χ4v) is 3.79. The first-order valence-electron chi connectivity index (χ1n) is 7.72. The van der Waals surface area contributed by atoms with Crippen molar-refractivity contribution in [3.05, 3.63) is 50.9 Å². The molecule has 0 aliphatic heterocycles. The van der Waals surface area contributed by atoms with Crippen LogP contribution in [0.15, 0.2) is 24.5 Å². The molecule has 7 heteroatoms. The van der Waals surface area contributed by atoms with Crippen molar-refractivity contribution in [2.45, 2.75) is 38.3 Å². The number of hydrogen-bond acceptors (Lipinski definition) is 4. The molecule has 1 aliphatic rings. The van der Waals surface area contributed by atoms with Crippen molar-refractivity contribution < 1.29 is 0 Å². The summed E-state index contributed by atoms with van der Waals surface area (Å²) in [4.78, 5) is 10.6. The smallest absolute Gasteiger partial charge is 0.151 e. The van der Waals surface area contributed by atoms with E-state index in [-0.39, 0.29) is 20.8 Å². The van der Waals surface area contributed by atoms with E-state index in [4.69, 9.17) is 40.1 Å². The predicted octanol–water partition coefficient (Wildman–Crippen LogP) is 5.26. The van der Waals surface area contributed by atoms with Gasteiger partial charge in [0.1, 0.15) is 16.7 Å². The first-order chi connectivity index (χ1) is 11.6.